The molecule has 0 unspecified atom stereocenters. The number of aromatic amines is 1. The van der Waals surface area contributed by atoms with E-state index < -0.39 is 5.91 Å². The molecule has 2 aromatic heterocycles. The summed E-state index contributed by atoms with van der Waals surface area (Å²) in [6, 6.07) is 16.0. The Kier molecular flexibility index (Phi) is 4.53. The van der Waals surface area contributed by atoms with E-state index in [1.165, 1.54) is 18.3 Å². The first-order valence-corrected chi connectivity index (χ1v) is 8.99. The highest BCUT2D eigenvalue weighted by Gasteiger charge is 2.17. The molecular weight excluding hydrogens is 355 g/mol. The van der Waals surface area contributed by atoms with Crippen molar-refractivity contribution in [2.75, 3.05) is 5.32 Å². The highest BCUT2D eigenvalue weighted by molar-refractivity contribution is 6.08. The Bertz CT molecular complexity index is 1170. The van der Waals surface area contributed by atoms with Crippen LogP contribution in [0.3, 0.4) is 0 Å². The standard InChI is InChI=1S/C22H19FN4O/c1-2-13-5-3-4-6-18(13)26-20-16-11-19(14-7-9-15(23)10-8-14)27-22(16)25-12-17(20)21(24)28/h3-12H,2H2,1H3,(H2,24,28)(H2,25,26,27). The topological polar surface area (TPSA) is 83.8 Å². The van der Waals surface area contributed by atoms with E-state index in [-0.39, 0.29) is 5.82 Å². The van der Waals surface area contributed by atoms with E-state index in [1.54, 1.807) is 12.1 Å². The van der Waals surface area contributed by atoms with E-state index in [0.717, 1.165) is 34.3 Å². The lowest BCUT2D eigenvalue weighted by Gasteiger charge is -2.14. The summed E-state index contributed by atoms with van der Waals surface area (Å²) in [5.74, 6) is -0.858. The number of carbonyl (C=O) groups is 1. The second kappa shape index (κ2) is 7.15. The SMILES string of the molecule is CCc1ccccc1Nc1c(C(N)=O)cnc2[nH]c(-c3ccc(F)cc3)cc12. The monoisotopic (exact) mass is 374 g/mol. The summed E-state index contributed by atoms with van der Waals surface area (Å²) < 4.78 is 13.2. The lowest BCUT2D eigenvalue weighted by atomic mass is 10.1. The number of fused-ring (bicyclic) bond motifs is 1. The fraction of sp³-hybridized carbons (Fsp3) is 0.0909. The molecular formula is C22H19FN4O. The first-order chi connectivity index (χ1) is 13.6. The number of carbonyl (C=O) groups excluding carboxylic acids is 1. The van der Waals surface area contributed by atoms with Crippen molar-refractivity contribution in [1.82, 2.24) is 9.97 Å². The number of anilines is 2. The number of benzene rings is 2. The van der Waals surface area contributed by atoms with Gasteiger partial charge in [-0.25, -0.2) is 9.37 Å². The quantitative estimate of drug-likeness (QED) is 0.470. The number of pyridine rings is 1. The number of nitrogens with one attached hydrogen (secondary N) is 2. The number of hydrogen-bond donors (Lipinski definition) is 3. The number of rotatable bonds is 5. The summed E-state index contributed by atoms with van der Waals surface area (Å²) in [7, 11) is 0. The summed E-state index contributed by atoms with van der Waals surface area (Å²) in [4.78, 5) is 19.6. The number of primary amides is 1. The van der Waals surface area contributed by atoms with Crippen LogP contribution in [0.4, 0.5) is 15.8 Å². The first kappa shape index (κ1) is 17.7. The number of para-hydroxylation sites is 1. The molecule has 4 rings (SSSR count). The van der Waals surface area contributed by atoms with E-state index in [0.29, 0.717) is 16.9 Å². The van der Waals surface area contributed by atoms with Gasteiger partial charge < -0.3 is 16.0 Å². The van der Waals surface area contributed by atoms with Crippen molar-refractivity contribution >= 4 is 28.3 Å². The van der Waals surface area contributed by atoms with Gasteiger partial charge in [-0.1, -0.05) is 25.1 Å². The molecule has 2 heterocycles. The van der Waals surface area contributed by atoms with Gasteiger partial charge in [0.05, 0.1) is 11.3 Å². The van der Waals surface area contributed by atoms with Crippen LogP contribution in [0.5, 0.6) is 0 Å². The van der Waals surface area contributed by atoms with Crippen LogP contribution in [0.1, 0.15) is 22.8 Å². The lowest BCUT2D eigenvalue weighted by Crippen LogP contribution is -2.14. The van der Waals surface area contributed by atoms with E-state index in [4.69, 9.17) is 5.73 Å². The Hall–Kier alpha value is -3.67. The molecule has 6 heteroatoms. The highest BCUT2D eigenvalue weighted by atomic mass is 19.1. The fourth-order valence-corrected chi connectivity index (χ4v) is 3.27. The molecule has 0 bridgehead atoms. The minimum Gasteiger partial charge on any atom is -0.365 e. The minimum atomic E-state index is -0.560. The Morgan fingerprint density at radius 2 is 1.93 bits per heavy atom. The van der Waals surface area contributed by atoms with Crippen molar-refractivity contribution in [1.29, 1.82) is 0 Å². The van der Waals surface area contributed by atoms with Gasteiger partial charge in [0.2, 0.25) is 0 Å². The van der Waals surface area contributed by atoms with Crippen molar-refractivity contribution in [3.05, 3.63) is 77.7 Å². The zero-order valence-corrected chi connectivity index (χ0v) is 15.3. The Morgan fingerprint density at radius 3 is 2.64 bits per heavy atom. The van der Waals surface area contributed by atoms with Gasteiger partial charge in [-0.15, -0.1) is 0 Å². The fourth-order valence-electron chi connectivity index (χ4n) is 3.27. The minimum absolute atomic E-state index is 0.299. The molecule has 5 nitrogen and oxygen atoms in total. The van der Waals surface area contributed by atoms with Gasteiger partial charge in [0.25, 0.3) is 5.91 Å². The van der Waals surface area contributed by atoms with Crippen LogP contribution in [0.15, 0.2) is 60.8 Å². The number of amides is 1. The summed E-state index contributed by atoms with van der Waals surface area (Å²) in [5, 5.41) is 4.11. The summed E-state index contributed by atoms with van der Waals surface area (Å²) in [5.41, 5.74) is 10.7. The zero-order chi connectivity index (χ0) is 19.7. The van der Waals surface area contributed by atoms with E-state index in [9.17, 15) is 9.18 Å². The Balaban J connectivity index is 1.88. The van der Waals surface area contributed by atoms with Crippen LogP contribution in [0.2, 0.25) is 0 Å². The molecule has 28 heavy (non-hydrogen) atoms. The average Bonchev–Trinajstić information content (AvgIpc) is 3.13. The van der Waals surface area contributed by atoms with Crippen LogP contribution in [-0.2, 0) is 6.42 Å². The van der Waals surface area contributed by atoms with Crippen LogP contribution >= 0.6 is 0 Å². The predicted octanol–water partition coefficient (Wildman–Crippen LogP) is 4.77. The van der Waals surface area contributed by atoms with Gasteiger partial charge in [0, 0.05) is 23.0 Å². The molecule has 0 aliphatic rings. The number of aromatic nitrogens is 2. The number of halogens is 1. The molecule has 4 aromatic rings. The third kappa shape index (κ3) is 3.20. The summed E-state index contributed by atoms with van der Waals surface area (Å²) in [6.07, 6.45) is 2.31. The number of nitrogens with two attached hydrogens (primary N) is 1. The number of nitrogens with zero attached hydrogens (tertiary/aromatic N) is 1. The maximum atomic E-state index is 13.2. The van der Waals surface area contributed by atoms with Gasteiger partial charge in [0.15, 0.2) is 0 Å². The second-order valence-corrected chi connectivity index (χ2v) is 6.50. The molecule has 0 aliphatic heterocycles. The molecule has 0 atom stereocenters. The number of hydrogen-bond acceptors (Lipinski definition) is 3. The molecule has 0 fully saturated rings. The number of aryl methyl sites for hydroxylation is 1. The molecule has 0 saturated carbocycles. The van der Waals surface area contributed by atoms with Crippen molar-refractivity contribution < 1.29 is 9.18 Å². The molecule has 0 spiro atoms. The van der Waals surface area contributed by atoms with E-state index in [1.807, 2.05) is 30.3 Å². The summed E-state index contributed by atoms with van der Waals surface area (Å²) in [6.45, 7) is 2.07. The number of H-pyrrole nitrogens is 1. The molecule has 4 N–H and O–H groups in total. The van der Waals surface area contributed by atoms with E-state index >= 15 is 0 Å². The molecule has 0 radical (unpaired) electrons. The van der Waals surface area contributed by atoms with Crippen molar-refractivity contribution in [3.8, 4) is 11.3 Å². The lowest BCUT2D eigenvalue weighted by molar-refractivity contribution is 0.100. The smallest absolute Gasteiger partial charge is 0.252 e. The first-order valence-electron chi connectivity index (χ1n) is 8.99. The normalized spacial score (nSPS) is 10.9. The second-order valence-electron chi connectivity index (χ2n) is 6.50. The van der Waals surface area contributed by atoms with Crippen LogP contribution in [-0.4, -0.2) is 15.9 Å². The Morgan fingerprint density at radius 1 is 1.18 bits per heavy atom. The predicted molar refractivity (Wildman–Crippen MR) is 109 cm³/mol. The third-order valence-corrected chi connectivity index (χ3v) is 4.74. The van der Waals surface area contributed by atoms with Gasteiger partial charge >= 0.3 is 0 Å². The van der Waals surface area contributed by atoms with Crippen molar-refractivity contribution in [3.63, 3.8) is 0 Å². The van der Waals surface area contributed by atoms with Crippen LogP contribution in [0, 0.1) is 5.82 Å². The van der Waals surface area contributed by atoms with Gasteiger partial charge in [-0.2, -0.15) is 0 Å². The molecule has 0 saturated heterocycles. The van der Waals surface area contributed by atoms with Gasteiger partial charge in [-0.3, -0.25) is 4.79 Å². The van der Waals surface area contributed by atoms with Crippen LogP contribution < -0.4 is 11.1 Å². The van der Waals surface area contributed by atoms with Crippen molar-refractivity contribution in [2.24, 2.45) is 5.73 Å². The zero-order valence-electron chi connectivity index (χ0n) is 15.3. The maximum Gasteiger partial charge on any atom is 0.252 e. The maximum absolute atomic E-state index is 13.2. The third-order valence-electron chi connectivity index (χ3n) is 4.74. The van der Waals surface area contributed by atoms with Crippen molar-refractivity contribution in [2.45, 2.75) is 13.3 Å². The van der Waals surface area contributed by atoms with Crippen LogP contribution in [0.25, 0.3) is 22.3 Å². The largest absolute Gasteiger partial charge is 0.365 e. The summed E-state index contributed by atoms with van der Waals surface area (Å²) >= 11 is 0. The van der Waals surface area contributed by atoms with Gasteiger partial charge in [0.1, 0.15) is 11.5 Å². The molecule has 2 aromatic carbocycles. The molecule has 0 aliphatic carbocycles. The van der Waals surface area contributed by atoms with E-state index in [2.05, 4.69) is 22.2 Å². The molecule has 140 valence electrons. The Labute approximate surface area is 161 Å². The highest BCUT2D eigenvalue weighted by Crippen LogP contribution is 2.33. The average molecular weight is 374 g/mol. The molecule has 1 amide bonds. The van der Waals surface area contributed by atoms with Gasteiger partial charge in [-0.05, 0) is 53.9 Å².